The van der Waals surface area contributed by atoms with Gasteiger partial charge in [-0.2, -0.15) is 11.8 Å². The molecule has 2 rings (SSSR count). The number of rotatable bonds is 7. The van der Waals surface area contributed by atoms with Gasteiger partial charge in [0, 0.05) is 49.5 Å². The van der Waals surface area contributed by atoms with E-state index in [9.17, 15) is 0 Å². The van der Waals surface area contributed by atoms with E-state index in [2.05, 4.69) is 60.6 Å². The van der Waals surface area contributed by atoms with E-state index in [4.69, 9.17) is 9.73 Å². The number of benzene rings is 1. The van der Waals surface area contributed by atoms with Crippen molar-refractivity contribution in [3.8, 4) is 0 Å². The summed E-state index contributed by atoms with van der Waals surface area (Å²) in [6.07, 6.45) is 0. The summed E-state index contributed by atoms with van der Waals surface area (Å²) in [6, 6.07) is 8.48. The maximum atomic E-state index is 5.05. The standard InChI is InChI=1S/C19H32N4OS/c1-5-20-18(23-11-13-25-19(2,3)15-23)22-14-16-6-8-17(9-7-16)21-10-12-24-4/h6-9,21H,5,10-15H2,1-4H3,(H,20,22). The summed E-state index contributed by atoms with van der Waals surface area (Å²) < 4.78 is 5.34. The number of nitrogens with one attached hydrogen (secondary N) is 2. The van der Waals surface area contributed by atoms with Crippen molar-refractivity contribution in [1.29, 1.82) is 0 Å². The van der Waals surface area contributed by atoms with E-state index in [1.54, 1.807) is 7.11 Å². The van der Waals surface area contributed by atoms with Gasteiger partial charge in [0.1, 0.15) is 0 Å². The molecule has 0 aliphatic carbocycles. The minimum atomic E-state index is 0.282. The summed E-state index contributed by atoms with van der Waals surface area (Å²) in [4.78, 5) is 7.25. The third-order valence-corrected chi connectivity index (χ3v) is 5.36. The molecule has 0 saturated carbocycles. The highest BCUT2D eigenvalue weighted by Crippen LogP contribution is 2.29. The van der Waals surface area contributed by atoms with Gasteiger partial charge in [-0.05, 0) is 38.5 Å². The molecule has 0 amide bonds. The third kappa shape index (κ3) is 6.78. The van der Waals surface area contributed by atoms with E-state index in [0.717, 1.165) is 43.6 Å². The normalized spacial score (nSPS) is 17.4. The largest absolute Gasteiger partial charge is 0.383 e. The van der Waals surface area contributed by atoms with Gasteiger partial charge in [-0.15, -0.1) is 0 Å². The fraction of sp³-hybridized carbons (Fsp3) is 0.632. The number of aliphatic imine (C=N–C) groups is 1. The van der Waals surface area contributed by atoms with Crippen LogP contribution >= 0.6 is 11.8 Å². The molecule has 1 aliphatic rings. The average Bonchev–Trinajstić information content (AvgIpc) is 2.59. The molecule has 0 bridgehead atoms. The molecule has 1 aromatic rings. The number of guanidine groups is 1. The molecule has 1 fully saturated rings. The highest BCUT2D eigenvalue weighted by atomic mass is 32.2. The van der Waals surface area contributed by atoms with Gasteiger partial charge >= 0.3 is 0 Å². The van der Waals surface area contributed by atoms with E-state index in [-0.39, 0.29) is 4.75 Å². The first-order chi connectivity index (χ1) is 12.0. The van der Waals surface area contributed by atoms with Crippen LogP contribution in [0, 0.1) is 0 Å². The molecule has 0 unspecified atom stereocenters. The van der Waals surface area contributed by atoms with Crippen molar-refractivity contribution in [3.63, 3.8) is 0 Å². The Kier molecular flexibility index (Phi) is 7.90. The summed E-state index contributed by atoms with van der Waals surface area (Å²) in [5.41, 5.74) is 2.34. The Morgan fingerprint density at radius 1 is 1.32 bits per heavy atom. The Bertz CT molecular complexity index is 545. The van der Waals surface area contributed by atoms with Crippen LogP contribution in [0.25, 0.3) is 0 Å². The minimum Gasteiger partial charge on any atom is -0.383 e. The molecule has 0 radical (unpaired) electrons. The second-order valence-corrected chi connectivity index (χ2v) is 8.62. The fourth-order valence-corrected chi connectivity index (χ4v) is 3.93. The smallest absolute Gasteiger partial charge is 0.194 e. The van der Waals surface area contributed by atoms with E-state index >= 15 is 0 Å². The predicted molar refractivity (Wildman–Crippen MR) is 110 cm³/mol. The molecule has 1 aromatic carbocycles. The zero-order valence-electron chi connectivity index (χ0n) is 16.0. The van der Waals surface area contributed by atoms with Crippen LogP contribution in [-0.2, 0) is 11.3 Å². The summed E-state index contributed by atoms with van der Waals surface area (Å²) in [5.74, 6) is 2.18. The zero-order valence-corrected chi connectivity index (χ0v) is 16.8. The van der Waals surface area contributed by atoms with Gasteiger partial charge in [-0.3, -0.25) is 0 Å². The zero-order chi connectivity index (χ0) is 18.1. The number of hydrogen-bond acceptors (Lipinski definition) is 4. The van der Waals surface area contributed by atoms with E-state index < -0.39 is 0 Å². The molecule has 1 aliphatic heterocycles. The van der Waals surface area contributed by atoms with Gasteiger partial charge in [0.2, 0.25) is 0 Å². The first-order valence-corrected chi connectivity index (χ1v) is 10.0. The molecule has 140 valence electrons. The molecule has 1 heterocycles. The topological polar surface area (TPSA) is 48.9 Å². The number of nitrogens with zero attached hydrogens (tertiary/aromatic N) is 2. The van der Waals surface area contributed by atoms with Crippen LogP contribution in [-0.4, -0.2) is 61.3 Å². The molecule has 25 heavy (non-hydrogen) atoms. The number of hydrogen-bond donors (Lipinski definition) is 2. The molecule has 5 nitrogen and oxygen atoms in total. The van der Waals surface area contributed by atoms with E-state index in [1.165, 1.54) is 5.56 Å². The van der Waals surface area contributed by atoms with Crippen molar-refractivity contribution in [2.24, 2.45) is 4.99 Å². The van der Waals surface area contributed by atoms with E-state index in [1.807, 2.05) is 11.8 Å². The van der Waals surface area contributed by atoms with E-state index in [0.29, 0.717) is 13.2 Å². The lowest BCUT2D eigenvalue weighted by molar-refractivity contribution is 0.211. The minimum absolute atomic E-state index is 0.282. The monoisotopic (exact) mass is 364 g/mol. The Labute approximate surface area is 156 Å². The van der Waals surface area contributed by atoms with Crippen molar-refractivity contribution < 1.29 is 4.74 Å². The van der Waals surface area contributed by atoms with Crippen molar-refractivity contribution in [2.75, 3.05) is 51.0 Å². The summed E-state index contributed by atoms with van der Waals surface area (Å²) >= 11 is 2.04. The number of anilines is 1. The van der Waals surface area contributed by atoms with Crippen LogP contribution < -0.4 is 10.6 Å². The van der Waals surface area contributed by atoms with Gasteiger partial charge < -0.3 is 20.3 Å². The van der Waals surface area contributed by atoms with Crippen LogP contribution in [0.4, 0.5) is 5.69 Å². The summed E-state index contributed by atoms with van der Waals surface area (Å²) in [5, 5.41) is 6.78. The van der Waals surface area contributed by atoms with Gasteiger partial charge in [0.25, 0.3) is 0 Å². The first-order valence-electron chi connectivity index (χ1n) is 9.03. The summed E-state index contributed by atoms with van der Waals surface area (Å²) in [7, 11) is 1.72. The SMILES string of the molecule is CCNC(=NCc1ccc(NCCOC)cc1)N1CCSC(C)(C)C1. The first kappa shape index (κ1) is 19.9. The highest BCUT2D eigenvalue weighted by Gasteiger charge is 2.28. The number of methoxy groups -OCH3 is 1. The van der Waals surface area contributed by atoms with Gasteiger partial charge in [0.15, 0.2) is 5.96 Å². The highest BCUT2D eigenvalue weighted by molar-refractivity contribution is 8.00. The molecule has 2 N–H and O–H groups in total. The van der Waals surface area contributed by atoms with Gasteiger partial charge in [0.05, 0.1) is 13.2 Å². The summed E-state index contributed by atoms with van der Waals surface area (Å²) in [6.45, 7) is 12.0. The second kappa shape index (κ2) is 9.92. The predicted octanol–water partition coefficient (Wildman–Crippen LogP) is 3.04. The maximum Gasteiger partial charge on any atom is 0.194 e. The Hall–Kier alpha value is -1.40. The van der Waals surface area contributed by atoms with Gasteiger partial charge in [-0.25, -0.2) is 4.99 Å². The van der Waals surface area contributed by atoms with Crippen LogP contribution in [0.15, 0.2) is 29.3 Å². The molecular formula is C19H32N4OS. The van der Waals surface area contributed by atoms with Crippen LogP contribution in [0.3, 0.4) is 0 Å². The third-order valence-electron chi connectivity index (χ3n) is 4.06. The molecular weight excluding hydrogens is 332 g/mol. The molecule has 1 saturated heterocycles. The second-order valence-electron chi connectivity index (χ2n) is 6.82. The molecule has 0 spiro atoms. The lowest BCUT2D eigenvalue weighted by Gasteiger charge is -2.39. The molecule has 0 aromatic heterocycles. The lowest BCUT2D eigenvalue weighted by atomic mass is 10.2. The van der Waals surface area contributed by atoms with Crippen LogP contribution in [0.5, 0.6) is 0 Å². The Morgan fingerprint density at radius 2 is 2.08 bits per heavy atom. The number of ether oxygens (including phenoxy) is 1. The van der Waals surface area contributed by atoms with Crippen molar-refractivity contribution >= 4 is 23.4 Å². The number of thioether (sulfide) groups is 1. The average molecular weight is 365 g/mol. The molecule has 6 heteroatoms. The maximum absolute atomic E-state index is 5.05. The van der Waals surface area contributed by atoms with Crippen molar-refractivity contribution in [2.45, 2.75) is 32.1 Å². The fourth-order valence-electron chi connectivity index (χ4n) is 2.81. The van der Waals surface area contributed by atoms with Crippen molar-refractivity contribution in [3.05, 3.63) is 29.8 Å². The quantitative estimate of drug-likeness (QED) is 0.442. The van der Waals surface area contributed by atoms with Crippen molar-refractivity contribution in [1.82, 2.24) is 10.2 Å². The molecule has 0 atom stereocenters. The van der Waals surface area contributed by atoms with Crippen LogP contribution in [0.1, 0.15) is 26.3 Å². The van der Waals surface area contributed by atoms with Crippen LogP contribution in [0.2, 0.25) is 0 Å². The lowest BCUT2D eigenvalue weighted by Crippen LogP contribution is -2.50. The Morgan fingerprint density at radius 3 is 2.72 bits per heavy atom. The van der Waals surface area contributed by atoms with Gasteiger partial charge in [-0.1, -0.05) is 12.1 Å². The Balaban J connectivity index is 1.96.